The van der Waals surface area contributed by atoms with Gasteiger partial charge in [-0.25, -0.2) is 0 Å². The molecule has 2 amide bonds. The highest BCUT2D eigenvalue weighted by atomic mass is 16.5. The Kier molecular flexibility index (Phi) is 5.87. The Morgan fingerprint density at radius 1 is 1.26 bits per heavy atom. The number of nitrogens with one attached hydrogen (secondary N) is 2. The topological polar surface area (TPSA) is 93.5 Å². The van der Waals surface area contributed by atoms with Gasteiger partial charge in [0.15, 0.2) is 0 Å². The van der Waals surface area contributed by atoms with Gasteiger partial charge in [0.05, 0.1) is 5.69 Å². The highest BCUT2D eigenvalue weighted by molar-refractivity contribution is 6.03. The van der Waals surface area contributed by atoms with Gasteiger partial charge in [-0.1, -0.05) is 11.2 Å². The predicted molar refractivity (Wildman–Crippen MR) is 84.5 cm³/mol. The van der Waals surface area contributed by atoms with Crippen LogP contribution in [0.3, 0.4) is 0 Å². The third kappa shape index (κ3) is 4.93. The van der Waals surface area contributed by atoms with Gasteiger partial charge in [-0.15, -0.1) is 0 Å². The van der Waals surface area contributed by atoms with E-state index in [0.29, 0.717) is 30.1 Å². The number of methoxy groups -OCH3 is 1. The monoisotopic (exact) mass is 317 g/mol. The third-order valence-electron chi connectivity index (χ3n) is 3.05. The van der Waals surface area contributed by atoms with E-state index in [1.54, 1.807) is 44.4 Å². The lowest BCUT2D eigenvalue weighted by molar-refractivity contribution is 0.0946. The van der Waals surface area contributed by atoms with Gasteiger partial charge in [-0.3, -0.25) is 9.59 Å². The average Bonchev–Trinajstić information content (AvgIpc) is 2.98. The number of aromatic nitrogens is 1. The first-order valence-electron chi connectivity index (χ1n) is 7.22. The summed E-state index contributed by atoms with van der Waals surface area (Å²) in [6.07, 6.45) is 0.740. The van der Waals surface area contributed by atoms with Crippen LogP contribution in [0.4, 0.5) is 5.69 Å². The van der Waals surface area contributed by atoms with Crippen LogP contribution in [0, 0.1) is 6.92 Å². The molecule has 0 saturated heterocycles. The molecule has 0 unspecified atom stereocenters. The first kappa shape index (κ1) is 16.7. The van der Waals surface area contributed by atoms with Crippen LogP contribution in [-0.2, 0) is 4.74 Å². The zero-order chi connectivity index (χ0) is 16.7. The Hall–Kier alpha value is -2.67. The molecule has 2 rings (SSSR count). The molecule has 0 bridgehead atoms. The normalized spacial score (nSPS) is 10.3. The van der Waals surface area contributed by atoms with Crippen molar-refractivity contribution in [1.29, 1.82) is 0 Å². The van der Waals surface area contributed by atoms with E-state index in [0.717, 1.165) is 6.42 Å². The number of carbonyl (C=O) groups is 2. The molecule has 1 heterocycles. The second kappa shape index (κ2) is 8.09. The molecule has 1 aromatic carbocycles. The van der Waals surface area contributed by atoms with E-state index in [2.05, 4.69) is 15.8 Å². The minimum Gasteiger partial charge on any atom is -0.385 e. The van der Waals surface area contributed by atoms with Crippen LogP contribution in [0.15, 0.2) is 34.9 Å². The minimum absolute atomic E-state index is 0.122. The predicted octanol–water partition coefficient (Wildman–Crippen LogP) is 2.00. The van der Waals surface area contributed by atoms with Crippen molar-refractivity contribution in [1.82, 2.24) is 10.5 Å². The van der Waals surface area contributed by atoms with Gasteiger partial charge in [0, 0.05) is 37.6 Å². The molecule has 7 heteroatoms. The number of anilines is 1. The number of nitrogens with zero attached hydrogens (tertiary/aromatic N) is 1. The maximum absolute atomic E-state index is 12.0. The number of aryl methyl sites for hydroxylation is 1. The van der Waals surface area contributed by atoms with E-state index in [1.807, 2.05) is 0 Å². The van der Waals surface area contributed by atoms with Gasteiger partial charge in [0.1, 0.15) is 0 Å². The second-order valence-electron chi connectivity index (χ2n) is 4.97. The molecular weight excluding hydrogens is 298 g/mol. The molecule has 0 aliphatic carbocycles. The number of hydrogen-bond acceptors (Lipinski definition) is 5. The molecule has 0 spiro atoms. The molecule has 7 nitrogen and oxygen atoms in total. The number of ether oxygens (including phenoxy) is 1. The molecule has 1 aromatic heterocycles. The molecule has 0 saturated carbocycles. The van der Waals surface area contributed by atoms with Crippen LogP contribution >= 0.6 is 0 Å². The van der Waals surface area contributed by atoms with E-state index in [4.69, 9.17) is 9.26 Å². The fraction of sp³-hybridized carbons (Fsp3) is 0.312. The molecule has 0 aliphatic heterocycles. The molecule has 23 heavy (non-hydrogen) atoms. The summed E-state index contributed by atoms with van der Waals surface area (Å²) in [5.74, 6) is -0.493. The summed E-state index contributed by atoms with van der Waals surface area (Å²) in [6, 6.07) is 8.22. The molecule has 2 N–H and O–H groups in total. The van der Waals surface area contributed by atoms with Crippen LogP contribution in [0.25, 0.3) is 0 Å². The lowest BCUT2D eigenvalue weighted by Crippen LogP contribution is -2.25. The van der Waals surface area contributed by atoms with Crippen LogP contribution in [-0.4, -0.2) is 37.2 Å². The summed E-state index contributed by atoms with van der Waals surface area (Å²) in [4.78, 5) is 24.0. The summed E-state index contributed by atoms with van der Waals surface area (Å²) in [5, 5.41) is 9.12. The van der Waals surface area contributed by atoms with Crippen molar-refractivity contribution in [3.8, 4) is 0 Å². The van der Waals surface area contributed by atoms with Gasteiger partial charge >= 0.3 is 0 Å². The molecule has 122 valence electrons. The van der Waals surface area contributed by atoms with Crippen molar-refractivity contribution in [2.24, 2.45) is 0 Å². The van der Waals surface area contributed by atoms with E-state index in [-0.39, 0.29) is 11.7 Å². The SMILES string of the molecule is COCCCNC(=O)c1cccc(NC(=O)c2cc(C)no2)c1. The fourth-order valence-corrected chi connectivity index (χ4v) is 1.92. The van der Waals surface area contributed by atoms with Gasteiger partial charge in [-0.2, -0.15) is 0 Å². The summed E-state index contributed by atoms with van der Waals surface area (Å²) in [6.45, 7) is 2.85. The van der Waals surface area contributed by atoms with Crippen molar-refractivity contribution < 1.29 is 18.8 Å². The smallest absolute Gasteiger partial charge is 0.294 e. The zero-order valence-corrected chi connectivity index (χ0v) is 13.1. The third-order valence-corrected chi connectivity index (χ3v) is 3.05. The maximum atomic E-state index is 12.0. The van der Waals surface area contributed by atoms with Gasteiger partial charge in [0.2, 0.25) is 5.76 Å². The molecule has 0 aliphatic rings. The second-order valence-corrected chi connectivity index (χ2v) is 4.97. The van der Waals surface area contributed by atoms with Crippen molar-refractivity contribution in [3.05, 3.63) is 47.3 Å². The summed E-state index contributed by atoms with van der Waals surface area (Å²) in [5.41, 5.74) is 1.60. The number of benzene rings is 1. The van der Waals surface area contributed by atoms with Crippen molar-refractivity contribution >= 4 is 17.5 Å². The van der Waals surface area contributed by atoms with Gasteiger partial charge < -0.3 is 19.9 Å². The average molecular weight is 317 g/mol. The highest BCUT2D eigenvalue weighted by Gasteiger charge is 2.13. The fourth-order valence-electron chi connectivity index (χ4n) is 1.92. The largest absolute Gasteiger partial charge is 0.385 e. The Morgan fingerprint density at radius 3 is 2.78 bits per heavy atom. The first-order chi connectivity index (χ1) is 11.1. The van der Waals surface area contributed by atoms with Crippen LogP contribution in [0.5, 0.6) is 0 Å². The van der Waals surface area contributed by atoms with Crippen LogP contribution in [0.1, 0.15) is 33.0 Å². The Labute approximate surface area is 134 Å². The minimum atomic E-state index is -0.414. The lowest BCUT2D eigenvalue weighted by Gasteiger charge is -2.07. The lowest BCUT2D eigenvalue weighted by atomic mass is 10.2. The van der Waals surface area contributed by atoms with E-state index < -0.39 is 5.91 Å². The molecule has 2 aromatic rings. The first-order valence-corrected chi connectivity index (χ1v) is 7.22. The number of rotatable bonds is 7. The number of amides is 2. The maximum Gasteiger partial charge on any atom is 0.294 e. The summed E-state index contributed by atoms with van der Waals surface area (Å²) in [7, 11) is 1.62. The summed E-state index contributed by atoms with van der Waals surface area (Å²) < 4.78 is 9.82. The van der Waals surface area contributed by atoms with Crippen molar-refractivity contribution in [2.75, 3.05) is 25.6 Å². The van der Waals surface area contributed by atoms with Crippen LogP contribution in [0.2, 0.25) is 0 Å². The molecule has 0 radical (unpaired) electrons. The van der Waals surface area contributed by atoms with Crippen molar-refractivity contribution in [2.45, 2.75) is 13.3 Å². The molecule has 0 fully saturated rings. The highest BCUT2D eigenvalue weighted by Crippen LogP contribution is 2.13. The Bertz CT molecular complexity index is 681. The Morgan fingerprint density at radius 2 is 2.09 bits per heavy atom. The zero-order valence-electron chi connectivity index (χ0n) is 13.1. The molecule has 0 atom stereocenters. The number of hydrogen-bond donors (Lipinski definition) is 2. The standard InChI is InChI=1S/C16H19N3O4/c1-11-9-14(23-19-11)16(21)18-13-6-3-5-12(10-13)15(20)17-7-4-8-22-2/h3,5-6,9-10H,4,7-8H2,1-2H3,(H,17,20)(H,18,21). The molecular formula is C16H19N3O4. The Balaban J connectivity index is 1.96. The quantitative estimate of drug-likeness (QED) is 0.762. The van der Waals surface area contributed by atoms with E-state index in [1.165, 1.54) is 0 Å². The van der Waals surface area contributed by atoms with Crippen molar-refractivity contribution in [3.63, 3.8) is 0 Å². The van der Waals surface area contributed by atoms with Gasteiger partial charge in [0.25, 0.3) is 11.8 Å². The number of carbonyl (C=O) groups excluding carboxylic acids is 2. The van der Waals surface area contributed by atoms with Crippen LogP contribution < -0.4 is 10.6 Å². The van der Waals surface area contributed by atoms with E-state index in [9.17, 15) is 9.59 Å². The van der Waals surface area contributed by atoms with Gasteiger partial charge in [-0.05, 0) is 31.5 Å². The van der Waals surface area contributed by atoms with E-state index >= 15 is 0 Å². The summed E-state index contributed by atoms with van der Waals surface area (Å²) >= 11 is 0.